The Bertz CT molecular complexity index is 229. The number of carbonyl (C=O) groups is 1. The van der Waals surface area contributed by atoms with Crippen LogP contribution in [-0.4, -0.2) is 6.29 Å². The van der Waals surface area contributed by atoms with Gasteiger partial charge in [0.15, 0.2) is 0 Å². The molecule has 3 unspecified atom stereocenters. The molecule has 0 aliphatic heterocycles. The van der Waals surface area contributed by atoms with Crippen molar-refractivity contribution in [2.45, 2.75) is 40.5 Å². The minimum atomic E-state index is -0.0851. The summed E-state index contributed by atoms with van der Waals surface area (Å²) >= 11 is 0. The van der Waals surface area contributed by atoms with Gasteiger partial charge in [-0.05, 0) is 31.6 Å². The van der Waals surface area contributed by atoms with Crippen LogP contribution in [0.2, 0.25) is 0 Å². The molecule has 0 amide bonds. The maximum absolute atomic E-state index is 11.2. The zero-order chi connectivity index (χ0) is 10.1. The average Bonchev–Trinajstić information content (AvgIpc) is 2.11. The summed E-state index contributed by atoms with van der Waals surface area (Å²) in [6, 6.07) is 0. The molecule has 1 rings (SSSR count). The fourth-order valence-corrected chi connectivity index (χ4v) is 2.54. The number of allylic oxidation sites excluding steroid dienone is 2. The summed E-state index contributed by atoms with van der Waals surface area (Å²) in [5.74, 6) is 1.03. The van der Waals surface area contributed by atoms with Crippen LogP contribution in [0.5, 0.6) is 0 Å². The van der Waals surface area contributed by atoms with E-state index in [0.717, 1.165) is 12.8 Å². The summed E-state index contributed by atoms with van der Waals surface area (Å²) in [6.07, 6.45) is 5.42. The summed E-state index contributed by atoms with van der Waals surface area (Å²) in [5, 5.41) is 0. The van der Waals surface area contributed by atoms with Crippen molar-refractivity contribution in [1.82, 2.24) is 0 Å². The van der Waals surface area contributed by atoms with Crippen LogP contribution >= 0.6 is 0 Å². The van der Waals surface area contributed by atoms with E-state index in [1.807, 2.05) is 0 Å². The second-order valence-electron chi connectivity index (χ2n) is 4.54. The first kappa shape index (κ1) is 10.5. The Morgan fingerprint density at radius 1 is 1.62 bits per heavy atom. The predicted molar refractivity (Wildman–Crippen MR) is 55.5 cm³/mol. The Morgan fingerprint density at radius 3 is 2.69 bits per heavy atom. The molecule has 1 heteroatoms. The van der Waals surface area contributed by atoms with Gasteiger partial charge in [-0.3, -0.25) is 0 Å². The van der Waals surface area contributed by atoms with Crippen molar-refractivity contribution < 1.29 is 4.79 Å². The third-order valence-electron chi connectivity index (χ3n) is 3.74. The summed E-state index contributed by atoms with van der Waals surface area (Å²) in [5.41, 5.74) is 1.29. The molecule has 0 N–H and O–H groups in total. The smallest absolute Gasteiger partial charge is 0.126 e. The highest BCUT2D eigenvalue weighted by Crippen LogP contribution is 2.44. The summed E-state index contributed by atoms with van der Waals surface area (Å²) < 4.78 is 0. The Morgan fingerprint density at radius 2 is 2.23 bits per heavy atom. The molecule has 1 aliphatic carbocycles. The van der Waals surface area contributed by atoms with Crippen molar-refractivity contribution in [2.75, 3.05) is 0 Å². The highest BCUT2D eigenvalue weighted by Gasteiger charge is 2.39. The van der Waals surface area contributed by atoms with Gasteiger partial charge in [0.05, 0.1) is 0 Å². The van der Waals surface area contributed by atoms with Gasteiger partial charge in [-0.25, -0.2) is 0 Å². The van der Waals surface area contributed by atoms with Gasteiger partial charge in [0.2, 0.25) is 0 Å². The van der Waals surface area contributed by atoms with Crippen LogP contribution in [0.4, 0.5) is 0 Å². The lowest BCUT2D eigenvalue weighted by Crippen LogP contribution is -2.36. The molecule has 3 atom stereocenters. The molecular weight excluding hydrogens is 160 g/mol. The first-order chi connectivity index (χ1) is 6.05. The number of hydrogen-bond donors (Lipinski definition) is 0. The van der Waals surface area contributed by atoms with Crippen molar-refractivity contribution in [3.8, 4) is 0 Å². The molecular formula is C12H20O. The van der Waals surface area contributed by atoms with Gasteiger partial charge in [0, 0.05) is 5.41 Å². The van der Waals surface area contributed by atoms with Gasteiger partial charge >= 0.3 is 0 Å². The summed E-state index contributed by atoms with van der Waals surface area (Å²) in [6.45, 7) is 8.67. The van der Waals surface area contributed by atoms with Crippen LogP contribution in [-0.2, 0) is 4.79 Å². The lowest BCUT2D eigenvalue weighted by Gasteiger charge is -2.40. The minimum absolute atomic E-state index is 0.0851. The molecule has 0 aromatic carbocycles. The zero-order valence-corrected chi connectivity index (χ0v) is 9.13. The van der Waals surface area contributed by atoms with E-state index in [-0.39, 0.29) is 5.41 Å². The van der Waals surface area contributed by atoms with Gasteiger partial charge in [-0.1, -0.05) is 32.4 Å². The van der Waals surface area contributed by atoms with Gasteiger partial charge in [-0.15, -0.1) is 0 Å². The molecule has 0 radical (unpaired) electrons. The fourth-order valence-electron chi connectivity index (χ4n) is 2.54. The van der Waals surface area contributed by atoms with E-state index in [1.165, 1.54) is 11.9 Å². The highest BCUT2D eigenvalue weighted by atomic mass is 16.1. The van der Waals surface area contributed by atoms with Crippen LogP contribution in [0.15, 0.2) is 11.6 Å². The lowest BCUT2D eigenvalue weighted by molar-refractivity contribution is -0.120. The topological polar surface area (TPSA) is 17.1 Å². The number of rotatable bonds is 2. The number of aldehydes is 1. The van der Waals surface area contributed by atoms with Gasteiger partial charge in [0.1, 0.15) is 6.29 Å². The standard InChI is InChI=1S/C12H20O/c1-5-12(8-13)7-9(2)6-10(3)11(12)4/h6,8,10-11H,5,7H2,1-4H3. The number of hydrogen-bond acceptors (Lipinski definition) is 1. The molecule has 0 saturated heterocycles. The zero-order valence-electron chi connectivity index (χ0n) is 9.13. The molecule has 13 heavy (non-hydrogen) atoms. The van der Waals surface area contributed by atoms with Crippen LogP contribution in [0.3, 0.4) is 0 Å². The maximum atomic E-state index is 11.2. The highest BCUT2D eigenvalue weighted by molar-refractivity contribution is 5.61. The molecule has 0 spiro atoms. The molecule has 74 valence electrons. The van der Waals surface area contributed by atoms with Gasteiger partial charge in [0.25, 0.3) is 0 Å². The molecule has 1 nitrogen and oxygen atoms in total. The molecule has 0 aromatic rings. The van der Waals surface area contributed by atoms with Crippen LogP contribution in [0.25, 0.3) is 0 Å². The van der Waals surface area contributed by atoms with Gasteiger partial charge in [-0.2, -0.15) is 0 Å². The van der Waals surface area contributed by atoms with E-state index in [0.29, 0.717) is 11.8 Å². The van der Waals surface area contributed by atoms with Crippen LogP contribution in [0, 0.1) is 17.3 Å². The number of carbonyl (C=O) groups excluding carboxylic acids is 1. The molecule has 0 heterocycles. The van der Waals surface area contributed by atoms with Crippen LogP contribution in [0.1, 0.15) is 40.5 Å². The van der Waals surface area contributed by atoms with E-state index in [4.69, 9.17) is 0 Å². The van der Waals surface area contributed by atoms with Crippen molar-refractivity contribution in [1.29, 1.82) is 0 Å². The quantitative estimate of drug-likeness (QED) is 0.471. The first-order valence-electron chi connectivity index (χ1n) is 5.19. The molecule has 0 saturated carbocycles. The Kier molecular flexibility index (Phi) is 2.94. The second kappa shape index (κ2) is 3.65. The average molecular weight is 180 g/mol. The van der Waals surface area contributed by atoms with Crippen molar-refractivity contribution in [3.63, 3.8) is 0 Å². The second-order valence-corrected chi connectivity index (χ2v) is 4.54. The first-order valence-corrected chi connectivity index (χ1v) is 5.19. The van der Waals surface area contributed by atoms with Gasteiger partial charge < -0.3 is 4.79 Å². The van der Waals surface area contributed by atoms with E-state index in [1.54, 1.807) is 0 Å². The SMILES string of the molecule is CCC1(C=O)CC(C)=CC(C)C1C. The monoisotopic (exact) mass is 180 g/mol. The fraction of sp³-hybridized carbons (Fsp3) is 0.750. The third kappa shape index (κ3) is 1.70. The largest absolute Gasteiger partial charge is 0.303 e. The van der Waals surface area contributed by atoms with E-state index in [2.05, 4.69) is 33.8 Å². The van der Waals surface area contributed by atoms with Crippen molar-refractivity contribution >= 4 is 6.29 Å². The molecule has 0 fully saturated rings. The summed E-state index contributed by atoms with van der Waals surface area (Å²) in [4.78, 5) is 11.2. The Hall–Kier alpha value is -0.590. The summed E-state index contributed by atoms with van der Waals surface area (Å²) in [7, 11) is 0. The normalized spacial score (nSPS) is 39.8. The molecule has 0 bridgehead atoms. The van der Waals surface area contributed by atoms with Crippen molar-refractivity contribution in [3.05, 3.63) is 11.6 Å². The Balaban J connectivity index is 2.99. The van der Waals surface area contributed by atoms with Crippen molar-refractivity contribution in [2.24, 2.45) is 17.3 Å². The Labute approximate surface area is 81.2 Å². The lowest BCUT2D eigenvalue weighted by atomic mass is 9.63. The third-order valence-corrected chi connectivity index (χ3v) is 3.74. The maximum Gasteiger partial charge on any atom is 0.126 e. The predicted octanol–water partition coefficient (Wildman–Crippen LogP) is 3.20. The molecule has 1 aliphatic rings. The van der Waals surface area contributed by atoms with E-state index >= 15 is 0 Å². The van der Waals surface area contributed by atoms with E-state index in [9.17, 15) is 4.79 Å². The molecule has 0 aromatic heterocycles. The van der Waals surface area contributed by atoms with Crippen LogP contribution < -0.4 is 0 Å². The van der Waals surface area contributed by atoms with E-state index < -0.39 is 0 Å². The minimum Gasteiger partial charge on any atom is -0.303 e.